The molecule has 2 bridgehead atoms. The van der Waals surface area contributed by atoms with E-state index in [-0.39, 0.29) is 28.6 Å². The van der Waals surface area contributed by atoms with Crippen molar-refractivity contribution in [1.29, 1.82) is 0 Å². The quantitative estimate of drug-likeness (QED) is 0.247. The molecule has 0 spiro atoms. The summed E-state index contributed by atoms with van der Waals surface area (Å²) in [5, 5.41) is 1.60. The van der Waals surface area contributed by atoms with E-state index in [1.807, 2.05) is 0 Å². The zero-order valence-electron chi connectivity index (χ0n) is 25.4. The van der Waals surface area contributed by atoms with Crippen LogP contribution in [-0.2, 0) is 18.3 Å². The first-order valence-electron chi connectivity index (χ1n) is 14.3. The van der Waals surface area contributed by atoms with Crippen LogP contribution in [0, 0.1) is 17.8 Å². The molecular weight excluding hydrogens is 559 g/mol. The van der Waals surface area contributed by atoms with Crippen LogP contribution >= 0.6 is 0 Å². The molecule has 2 aliphatic heterocycles. The van der Waals surface area contributed by atoms with Gasteiger partial charge in [-0.2, -0.15) is 0 Å². The summed E-state index contributed by atoms with van der Waals surface area (Å²) in [5.74, 6) is 1.21. The standard InChI is InChI=1S/C30H54O4SeSi2/c1-12-31-28-26-22(18-19-35-23-16-14-13-15-17-23)20-25(33-28)27(34-37(10,11)30(5,6)7)24(26)21-32-36(8,9)29(2,3)4/h13-17,22,24-28H,12,18-21H2,1-11H3/t22?,24-,25+,26-,27-,28-/m0/s1. The van der Waals surface area contributed by atoms with Crippen molar-refractivity contribution in [2.24, 2.45) is 17.8 Å². The third kappa shape index (κ3) is 7.61. The van der Waals surface area contributed by atoms with Gasteiger partial charge in [0, 0.05) is 0 Å². The Kier molecular flexibility index (Phi) is 10.4. The van der Waals surface area contributed by atoms with Crippen molar-refractivity contribution in [3.05, 3.63) is 30.3 Å². The summed E-state index contributed by atoms with van der Waals surface area (Å²) in [6, 6.07) is 11.0. The van der Waals surface area contributed by atoms with E-state index in [9.17, 15) is 0 Å². The van der Waals surface area contributed by atoms with Crippen molar-refractivity contribution in [1.82, 2.24) is 0 Å². The molecule has 0 amide bonds. The van der Waals surface area contributed by atoms with E-state index in [0.29, 0.717) is 39.3 Å². The molecule has 0 aromatic heterocycles. The van der Waals surface area contributed by atoms with E-state index in [1.165, 1.54) is 16.2 Å². The van der Waals surface area contributed by atoms with Crippen LogP contribution in [0.2, 0.25) is 41.6 Å². The Bertz CT molecular complexity index is 849. The SMILES string of the molecule is CCO[C@H]1O[C@@H]2CC(CC[Se]c3ccccc3)[C@H]1[C@H](CO[Si](C)(C)C(C)(C)C)[C@@H]2O[Si](C)(C)C(C)(C)C. The number of hydrogen-bond acceptors (Lipinski definition) is 4. The summed E-state index contributed by atoms with van der Waals surface area (Å²) in [5.41, 5.74) is 0. The van der Waals surface area contributed by atoms with Crippen molar-refractivity contribution in [2.45, 2.75) is 121 Å². The number of rotatable bonds is 11. The summed E-state index contributed by atoms with van der Waals surface area (Å²) >= 11 is 0.504. The Morgan fingerprint density at radius 1 is 0.946 bits per heavy atom. The molecule has 2 heterocycles. The topological polar surface area (TPSA) is 36.9 Å². The molecule has 0 N–H and O–H groups in total. The van der Waals surface area contributed by atoms with Crippen LogP contribution < -0.4 is 4.46 Å². The molecular formula is C30H54O4SeSi2. The van der Waals surface area contributed by atoms with Crippen molar-refractivity contribution in [3.8, 4) is 0 Å². The summed E-state index contributed by atoms with van der Waals surface area (Å²) in [7, 11) is -3.87. The zero-order valence-corrected chi connectivity index (χ0v) is 29.1. The molecule has 6 atom stereocenters. The first-order chi connectivity index (χ1) is 17.1. The fourth-order valence-electron chi connectivity index (χ4n) is 5.13. The molecule has 4 rings (SSSR count). The normalized spacial score (nSPS) is 29.1. The Morgan fingerprint density at radius 3 is 2.14 bits per heavy atom. The molecule has 1 unspecified atom stereocenters. The van der Waals surface area contributed by atoms with E-state index in [2.05, 4.69) is 105 Å². The molecule has 2 saturated heterocycles. The summed E-state index contributed by atoms with van der Waals surface area (Å²) in [6.07, 6.45) is 2.33. The number of ether oxygens (including phenoxy) is 2. The second-order valence-electron chi connectivity index (χ2n) is 14.1. The Morgan fingerprint density at radius 2 is 1.57 bits per heavy atom. The second-order valence-corrected chi connectivity index (χ2v) is 26.1. The minimum absolute atomic E-state index is 0.0814. The van der Waals surface area contributed by atoms with Gasteiger partial charge in [-0.3, -0.25) is 0 Å². The van der Waals surface area contributed by atoms with Crippen LogP contribution in [-0.4, -0.2) is 63.3 Å². The first kappa shape index (κ1) is 31.5. The van der Waals surface area contributed by atoms with Gasteiger partial charge in [-0.1, -0.05) is 0 Å². The predicted octanol–water partition coefficient (Wildman–Crippen LogP) is 7.25. The van der Waals surface area contributed by atoms with Crippen LogP contribution in [0.5, 0.6) is 0 Å². The van der Waals surface area contributed by atoms with Crippen LogP contribution in [0.25, 0.3) is 0 Å². The fourth-order valence-corrected chi connectivity index (χ4v) is 9.64. The Hall–Kier alpha value is 0.0132. The summed E-state index contributed by atoms with van der Waals surface area (Å²) < 4.78 is 28.5. The van der Waals surface area contributed by atoms with Gasteiger partial charge in [-0.15, -0.1) is 0 Å². The molecule has 212 valence electrons. The van der Waals surface area contributed by atoms with E-state index >= 15 is 0 Å². The second kappa shape index (κ2) is 12.3. The number of fused-ring (bicyclic) bond motifs is 3. The van der Waals surface area contributed by atoms with Gasteiger partial charge in [-0.05, 0) is 0 Å². The van der Waals surface area contributed by atoms with Gasteiger partial charge in [0.05, 0.1) is 0 Å². The molecule has 3 aliphatic rings. The van der Waals surface area contributed by atoms with Gasteiger partial charge >= 0.3 is 237 Å². The molecule has 1 aromatic carbocycles. The molecule has 3 fully saturated rings. The average Bonchev–Trinajstić information content (AvgIpc) is 2.78. The van der Waals surface area contributed by atoms with E-state index in [4.69, 9.17) is 18.3 Å². The number of hydrogen-bond donors (Lipinski definition) is 0. The van der Waals surface area contributed by atoms with Crippen LogP contribution in [0.3, 0.4) is 0 Å². The third-order valence-electron chi connectivity index (χ3n) is 9.50. The molecule has 4 nitrogen and oxygen atoms in total. The maximum atomic E-state index is 7.19. The number of benzene rings is 1. The molecule has 1 saturated carbocycles. The summed E-state index contributed by atoms with van der Waals surface area (Å²) in [6.45, 7) is 27.0. The maximum absolute atomic E-state index is 7.19. The predicted molar refractivity (Wildman–Crippen MR) is 162 cm³/mol. The average molecular weight is 614 g/mol. The van der Waals surface area contributed by atoms with Crippen molar-refractivity contribution < 1.29 is 18.3 Å². The molecule has 1 aliphatic carbocycles. The monoisotopic (exact) mass is 614 g/mol. The third-order valence-corrected chi connectivity index (χ3v) is 20.7. The summed E-state index contributed by atoms with van der Waals surface area (Å²) in [4.78, 5) is 0. The van der Waals surface area contributed by atoms with Crippen molar-refractivity contribution in [3.63, 3.8) is 0 Å². The Balaban J connectivity index is 1.86. The van der Waals surface area contributed by atoms with E-state index in [1.54, 1.807) is 0 Å². The van der Waals surface area contributed by atoms with Gasteiger partial charge in [0.15, 0.2) is 0 Å². The molecule has 1 aromatic rings. The van der Waals surface area contributed by atoms with Crippen LogP contribution in [0.15, 0.2) is 30.3 Å². The fraction of sp³-hybridized carbons (Fsp3) is 0.800. The molecule has 37 heavy (non-hydrogen) atoms. The Labute approximate surface area is 236 Å². The van der Waals surface area contributed by atoms with E-state index < -0.39 is 16.6 Å². The zero-order chi connectivity index (χ0) is 27.6. The first-order valence-corrected chi connectivity index (χ1v) is 22.2. The van der Waals surface area contributed by atoms with Gasteiger partial charge < -0.3 is 0 Å². The van der Waals surface area contributed by atoms with Crippen molar-refractivity contribution in [2.75, 3.05) is 13.2 Å². The van der Waals surface area contributed by atoms with Crippen LogP contribution in [0.4, 0.5) is 0 Å². The van der Waals surface area contributed by atoms with Gasteiger partial charge in [-0.25, -0.2) is 0 Å². The van der Waals surface area contributed by atoms with E-state index in [0.717, 1.165) is 13.0 Å². The van der Waals surface area contributed by atoms with Gasteiger partial charge in [0.1, 0.15) is 0 Å². The van der Waals surface area contributed by atoms with Crippen LogP contribution in [0.1, 0.15) is 61.3 Å². The van der Waals surface area contributed by atoms with Gasteiger partial charge in [0.25, 0.3) is 0 Å². The van der Waals surface area contributed by atoms with Gasteiger partial charge in [0.2, 0.25) is 0 Å². The van der Waals surface area contributed by atoms with Crippen molar-refractivity contribution >= 4 is 36.1 Å². The minimum atomic E-state index is -1.98. The molecule has 0 radical (unpaired) electrons. The molecule has 7 heteroatoms.